The Morgan fingerprint density at radius 3 is 2.33 bits per heavy atom. The van der Waals surface area contributed by atoms with Gasteiger partial charge in [-0.3, -0.25) is 4.79 Å². The predicted molar refractivity (Wildman–Crippen MR) is 110 cm³/mol. The second-order valence-corrected chi connectivity index (χ2v) is 10.0. The lowest BCUT2D eigenvalue weighted by molar-refractivity contribution is -0.141. The van der Waals surface area contributed by atoms with Crippen LogP contribution in [0.3, 0.4) is 0 Å². The Hall–Kier alpha value is -1.31. The molecule has 148 valence electrons. The summed E-state index contributed by atoms with van der Waals surface area (Å²) in [5.74, 6) is 2.35. The van der Waals surface area contributed by atoms with Crippen molar-refractivity contribution in [3.05, 3.63) is 35.9 Å². The van der Waals surface area contributed by atoms with Crippen LogP contribution in [0.25, 0.3) is 0 Å². The number of carbonyl (C=O) groups is 1. The van der Waals surface area contributed by atoms with Gasteiger partial charge in [0.05, 0.1) is 6.42 Å². The van der Waals surface area contributed by atoms with Crippen LogP contribution >= 0.6 is 0 Å². The topological polar surface area (TPSA) is 37.3 Å². The number of hydrogen-bond acceptors (Lipinski definition) is 1. The Morgan fingerprint density at radius 1 is 1.04 bits per heavy atom. The molecule has 27 heavy (non-hydrogen) atoms. The number of hydrogen-bond donors (Lipinski definition) is 1. The fourth-order valence-corrected chi connectivity index (χ4v) is 7.48. The molecule has 1 N–H and O–H groups in total. The molecule has 3 saturated carbocycles. The second-order valence-electron chi connectivity index (χ2n) is 10.0. The van der Waals surface area contributed by atoms with E-state index in [1.807, 2.05) is 0 Å². The summed E-state index contributed by atoms with van der Waals surface area (Å²) in [6.45, 7) is 4.72. The van der Waals surface area contributed by atoms with Gasteiger partial charge in [0.2, 0.25) is 0 Å². The lowest BCUT2D eigenvalue weighted by Crippen LogP contribution is -2.38. The fraction of sp³-hybridized carbons (Fsp3) is 0.720. The van der Waals surface area contributed by atoms with Crippen LogP contribution < -0.4 is 0 Å². The minimum atomic E-state index is -0.590. The molecule has 0 radical (unpaired) electrons. The summed E-state index contributed by atoms with van der Waals surface area (Å²) in [4.78, 5) is 12.0. The van der Waals surface area contributed by atoms with Crippen molar-refractivity contribution in [2.45, 2.75) is 78.1 Å². The average molecular weight is 369 g/mol. The summed E-state index contributed by atoms with van der Waals surface area (Å²) < 4.78 is 0. The predicted octanol–water partition coefficient (Wildman–Crippen LogP) is 6.34. The maximum atomic E-state index is 12.0. The van der Waals surface area contributed by atoms with Crippen molar-refractivity contribution in [1.29, 1.82) is 0 Å². The third-order valence-corrected chi connectivity index (χ3v) is 8.96. The molecule has 3 aliphatic rings. The van der Waals surface area contributed by atoms with E-state index in [0.717, 1.165) is 30.6 Å². The number of carboxylic acids is 1. The quantitative estimate of drug-likeness (QED) is 0.609. The largest absolute Gasteiger partial charge is 0.481 e. The first kappa shape index (κ1) is 19.0. The van der Waals surface area contributed by atoms with E-state index in [1.54, 1.807) is 0 Å². The van der Waals surface area contributed by atoms with Gasteiger partial charge in [0.15, 0.2) is 0 Å². The van der Waals surface area contributed by atoms with Gasteiger partial charge in [-0.25, -0.2) is 0 Å². The van der Waals surface area contributed by atoms with Gasteiger partial charge < -0.3 is 5.11 Å². The highest BCUT2D eigenvalue weighted by atomic mass is 16.4. The van der Waals surface area contributed by atoms with Crippen molar-refractivity contribution in [3.8, 4) is 0 Å². The van der Waals surface area contributed by atoms with Gasteiger partial charge >= 0.3 is 5.97 Å². The van der Waals surface area contributed by atoms with Gasteiger partial charge in [0.25, 0.3) is 0 Å². The molecule has 5 atom stereocenters. The number of aliphatic carboxylic acids is 1. The third kappa shape index (κ3) is 3.34. The molecule has 1 aromatic rings. The van der Waals surface area contributed by atoms with Gasteiger partial charge in [-0.2, -0.15) is 0 Å². The van der Waals surface area contributed by atoms with E-state index < -0.39 is 5.97 Å². The SMILES string of the molecule is CCC1(CC)CCC(C2[C@H]3CC[C@H]3C[C@]2(CC(=O)O)Cc2ccccc2)C1. The van der Waals surface area contributed by atoms with Crippen LogP contribution in [0.4, 0.5) is 0 Å². The smallest absolute Gasteiger partial charge is 0.303 e. The number of carboxylic acid groups (broad SMARTS) is 1. The molecule has 4 rings (SSSR count). The maximum absolute atomic E-state index is 12.0. The average Bonchev–Trinajstić information content (AvgIpc) is 3.15. The molecular weight excluding hydrogens is 332 g/mol. The molecule has 0 bridgehead atoms. The lowest BCUT2D eigenvalue weighted by Gasteiger charge is -2.43. The van der Waals surface area contributed by atoms with Crippen molar-refractivity contribution in [1.82, 2.24) is 0 Å². The highest BCUT2D eigenvalue weighted by Gasteiger charge is 2.60. The Labute approximate surface area is 164 Å². The van der Waals surface area contributed by atoms with Gasteiger partial charge in [0, 0.05) is 0 Å². The fourth-order valence-electron chi connectivity index (χ4n) is 7.48. The first-order chi connectivity index (χ1) is 13.0. The van der Waals surface area contributed by atoms with Crippen LogP contribution in [0.2, 0.25) is 0 Å². The van der Waals surface area contributed by atoms with Crippen molar-refractivity contribution in [3.63, 3.8) is 0 Å². The molecule has 2 heteroatoms. The zero-order chi connectivity index (χ0) is 19.1. The molecule has 0 amide bonds. The summed E-state index contributed by atoms with van der Waals surface area (Å²) >= 11 is 0. The van der Waals surface area contributed by atoms with Gasteiger partial charge in [-0.15, -0.1) is 0 Å². The monoisotopic (exact) mass is 368 g/mol. The van der Waals surface area contributed by atoms with Gasteiger partial charge in [0.1, 0.15) is 0 Å². The van der Waals surface area contributed by atoms with E-state index in [2.05, 4.69) is 44.2 Å². The van der Waals surface area contributed by atoms with Crippen molar-refractivity contribution >= 4 is 5.97 Å². The van der Waals surface area contributed by atoms with Crippen molar-refractivity contribution < 1.29 is 9.90 Å². The summed E-state index contributed by atoms with van der Waals surface area (Å²) in [5, 5.41) is 9.87. The van der Waals surface area contributed by atoms with Crippen LogP contribution in [0.5, 0.6) is 0 Å². The van der Waals surface area contributed by atoms with Crippen LogP contribution in [0, 0.1) is 34.5 Å². The van der Waals surface area contributed by atoms with Crippen LogP contribution in [0.15, 0.2) is 30.3 Å². The van der Waals surface area contributed by atoms with Crippen LogP contribution in [0.1, 0.15) is 77.2 Å². The molecular formula is C25H36O2. The highest BCUT2D eigenvalue weighted by Crippen LogP contribution is 2.67. The van der Waals surface area contributed by atoms with Crippen molar-refractivity contribution in [2.24, 2.45) is 34.5 Å². The minimum absolute atomic E-state index is 0.0265. The van der Waals surface area contributed by atoms with Gasteiger partial charge in [-0.05, 0) is 85.0 Å². The number of fused-ring (bicyclic) bond motifs is 1. The molecule has 3 fully saturated rings. The lowest BCUT2D eigenvalue weighted by atomic mass is 9.61. The standard InChI is InChI=1S/C25H36O2/c1-3-24(4-2)13-12-20(15-24)23-21-11-10-19(21)16-25(23,17-22(26)27)14-18-8-6-5-7-9-18/h5-9,19-21,23H,3-4,10-17H2,1-2H3,(H,26,27)/t19-,20?,21-,23?,25-/m0/s1. The first-order valence-electron chi connectivity index (χ1n) is 11.3. The van der Waals surface area contributed by atoms with Crippen molar-refractivity contribution in [2.75, 3.05) is 0 Å². The molecule has 0 spiro atoms. The molecule has 2 nitrogen and oxygen atoms in total. The molecule has 0 aliphatic heterocycles. The number of rotatable bonds is 7. The third-order valence-electron chi connectivity index (χ3n) is 8.96. The van der Waals surface area contributed by atoms with Crippen LogP contribution in [-0.4, -0.2) is 11.1 Å². The van der Waals surface area contributed by atoms with E-state index in [4.69, 9.17) is 0 Å². The van der Waals surface area contributed by atoms with Crippen LogP contribution in [-0.2, 0) is 11.2 Å². The summed E-state index contributed by atoms with van der Waals surface area (Å²) in [7, 11) is 0. The van der Waals surface area contributed by atoms with E-state index in [-0.39, 0.29) is 5.41 Å². The summed E-state index contributed by atoms with van der Waals surface area (Å²) in [5.41, 5.74) is 1.83. The Morgan fingerprint density at radius 2 is 1.78 bits per heavy atom. The highest BCUT2D eigenvalue weighted by molar-refractivity contribution is 5.68. The summed E-state index contributed by atoms with van der Waals surface area (Å²) in [6.07, 6.45) is 11.7. The van der Waals surface area contributed by atoms with Gasteiger partial charge in [-0.1, -0.05) is 57.0 Å². The zero-order valence-corrected chi connectivity index (χ0v) is 17.1. The normalized spacial score (nSPS) is 37.0. The second kappa shape index (κ2) is 7.26. The maximum Gasteiger partial charge on any atom is 0.303 e. The minimum Gasteiger partial charge on any atom is -0.481 e. The Balaban J connectivity index is 1.66. The molecule has 2 unspecified atom stereocenters. The Kier molecular flexibility index (Phi) is 5.12. The van der Waals surface area contributed by atoms with E-state index in [9.17, 15) is 9.90 Å². The molecule has 0 heterocycles. The zero-order valence-electron chi connectivity index (χ0n) is 17.1. The first-order valence-corrected chi connectivity index (χ1v) is 11.3. The summed E-state index contributed by atoms with van der Waals surface area (Å²) in [6, 6.07) is 10.7. The molecule has 0 aromatic heterocycles. The number of benzene rings is 1. The Bertz CT molecular complexity index is 662. The molecule has 1 aromatic carbocycles. The van der Waals surface area contributed by atoms with E-state index >= 15 is 0 Å². The molecule has 0 saturated heterocycles. The molecule has 3 aliphatic carbocycles. The van der Waals surface area contributed by atoms with E-state index in [0.29, 0.717) is 17.8 Å². The van der Waals surface area contributed by atoms with E-state index in [1.165, 1.54) is 50.5 Å².